The number of hydrogen-bond donors (Lipinski definition) is 0. The van der Waals surface area contributed by atoms with E-state index in [1.807, 2.05) is 30.3 Å². The van der Waals surface area contributed by atoms with Crippen LogP contribution in [-0.2, 0) is 0 Å². The molecule has 0 N–H and O–H groups in total. The molecule has 0 atom stereocenters. The fourth-order valence-corrected chi connectivity index (χ4v) is 1.03. The van der Waals surface area contributed by atoms with Gasteiger partial charge in [-0.15, -0.1) is 0 Å². The number of rotatable bonds is 2. The van der Waals surface area contributed by atoms with Gasteiger partial charge in [-0.1, -0.05) is 32.0 Å². The van der Waals surface area contributed by atoms with Crippen molar-refractivity contribution in [2.45, 2.75) is 13.8 Å². The summed E-state index contributed by atoms with van der Waals surface area (Å²) in [6.45, 7) is 4.12. The van der Waals surface area contributed by atoms with Crippen molar-refractivity contribution in [1.29, 1.82) is 0 Å². The standard InChI is InChI=1S/C11H15NO/c1-9(2)11(12-3)13-10-7-5-4-6-8-10/h4-9H,1-3H3. The molecule has 2 heteroatoms. The van der Waals surface area contributed by atoms with Crippen LogP contribution in [-0.4, -0.2) is 12.9 Å². The van der Waals surface area contributed by atoms with Gasteiger partial charge in [0.25, 0.3) is 0 Å². The van der Waals surface area contributed by atoms with Gasteiger partial charge in [-0.3, -0.25) is 4.99 Å². The van der Waals surface area contributed by atoms with Crippen molar-refractivity contribution in [1.82, 2.24) is 0 Å². The molecule has 0 saturated heterocycles. The maximum Gasteiger partial charge on any atom is 0.192 e. The van der Waals surface area contributed by atoms with Gasteiger partial charge in [-0.05, 0) is 12.1 Å². The maximum atomic E-state index is 5.58. The van der Waals surface area contributed by atoms with Crippen molar-refractivity contribution in [3.63, 3.8) is 0 Å². The van der Waals surface area contributed by atoms with Gasteiger partial charge in [0.05, 0.1) is 0 Å². The number of ether oxygens (including phenoxy) is 1. The molecule has 0 fully saturated rings. The minimum Gasteiger partial charge on any atom is -0.443 e. The summed E-state index contributed by atoms with van der Waals surface area (Å²) in [5, 5.41) is 0. The highest BCUT2D eigenvalue weighted by Gasteiger charge is 2.05. The summed E-state index contributed by atoms with van der Waals surface area (Å²) in [5.74, 6) is 1.94. The first-order chi connectivity index (χ1) is 6.24. The number of benzene rings is 1. The van der Waals surface area contributed by atoms with E-state index < -0.39 is 0 Å². The Balaban J connectivity index is 2.69. The van der Waals surface area contributed by atoms with E-state index in [9.17, 15) is 0 Å². The number of hydrogen-bond acceptors (Lipinski definition) is 2. The van der Waals surface area contributed by atoms with Crippen LogP contribution in [0, 0.1) is 5.92 Å². The van der Waals surface area contributed by atoms with Gasteiger partial charge in [0.2, 0.25) is 0 Å². The van der Waals surface area contributed by atoms with Gasteiger partial charge in [0, 0.05) is 13.0 Å². The predicted octanol–water partition coefficient (Wildman–Crippen LogP) is 2.75. The lowest BCUT2D eigenvalue weighted by Gasteiger charge is -2.10. The summed E-state index contributed by atoms with van der Waals surface area (Å²) in [4.78, 5) is 4.08. The molecule has 0 unspecified atom stereocenters. The predicted molar refractivity (Wildman–Crippen MR) is 55.3 cm³/mol. The summed E-state index contributed by atoms with van der Waals surface area (Å²) in [5.41, 5.74) is 0. The molecule has 1 aromatic rings. The number of nitrogens with zero attached hydrogens (tertiary/aromatic N) is 1. The fourth-order valence-electron chi connectivity index (χ4n) is 1.03. The Morgan fingerprint density at radius 2 is 1.85 bits per heavy atom. The lowest BCUT2D eigenvalue weighted by atomic mass is 10.2. The Morgan fingerprint density at radius 1 is 1.23 bits per heavy atom. The highest BCUT2D eigenvalue weighted by Crippen LogP contribution is 2.11. The lowest BCUT2D eigenvalue weighted by Crippen LogP contribution is -2.15. The molecule has 13 heavy (non-hydrogen) atoms. The van der Waals surface area contributed by atoms with Crippen LogP contribution in [0.3, 0.4) is 0 Å². The minimum absolute atomic E-state index is 0.324. The first-order valence-corrected chi connectivity index (χ1v) is 4.43. The average Bonchev–Trinajstić information content (AvgIpc) is 2.15. The third kappa shape index (κ3) is 2.90. The van der Waals surface area contributed by atoms with Crippen LogP contribution in [0.2, 0.25) is 0 Å². The Kier molecular flexibility index (Phi) is 3.50. The van der Waals surface area contributed by atoms with Gasteiger partial charge < -0.3 is 4.74 Å². The van der Waals surface area contributed by atoms with Gasteiger partial charge in [-0.25, -0.2) is 0 Å². The average molecular weight is 177 g/mol. The van der Waals surface area contributed by atoms with Gasteiger partial charge in [0.15, 0.2) is 5.90 Å². The molecule has 0 aliphatic rings. The molecule has 0 aliphatic carbocycles. The van der Waals surface area contributed by atoms with E-state index in [1.54, 1.807) is 7.05 Å². The van der Waals surface area contributed by atoms with E-state index in [2.05, 4.69) is 18.8 Å². The summed E-state index contributed by atoms with van der Waals surface area (Å²) in [7, 11) is 1.75. The largest absolute Gasteiger partial charge is 0.443 e. The Hall–Kier alpha value is -1.31. The Morgan fingerprint density at radius 3 is 2.31 bits per heavy atom. The summed E-state index contributed by atoms with van der Waals surface area (Å²) in [6, 6.07) is 9.71. The molecular formula is C11H15NO. The highest BCUT2D eigenvalue weighted by molar-refractivity contribution is 5.80. The second-order valence-corrected chi connectivity index (χ2v) is 3.13. The normalized spacial score (nSPS) is 11.8. The van der Waals surface area contributed by atoms with Crippen LogP contribution in [0.4, 0.5) is 0 Å². The van der Waals surface area contributed by atoms with Gasteiger partial charge in [0.1, 0.15) is 5.75 Å². The molecule has 0 amide bonds. The number of aliphatic imine (C=N–C) groups is 1. The van der Waals surface area contributed by atoms with E-state index in [0.717, 1.165) is 11.6 Å². The van der Waals surface area contributed by atoms with E-state index in [4.69, 9.17) is 4.74 Å². The van der Waals surface area contributed by atoms with E-state index in [-0.39, 0.29) is 0 Å². The quantitative estimate of drug-likeness (QED) is 0.503. The minimum atomic E-state index is 0.324. The van der Waals surface area contributed by atoms with Crippen molar-refractivity contribution >= 4 is 5.90 Å². The molecule has 0 aromatic heterocycles. The third-order valence-electron chi connectivity index (χ3n) is 1.68. The molecule has 0 heterocycles. The molecule has 2 nitrogen and oxygen atoms in total. The molecule has 0 saturated carbocycles. The van der Waals surface area contributed by atoms with Crippen molar-refractivity contribution in [3.05, 3.63) is 30.3 Å². The van der Waals surface area contributed by atoms with Crippen LogP contribution in [0.5, 0.6) is 5.75 Å². The second kappa shape index (κ2) is 4.65. The van der Waals surface area contributed by atoms with E-state index in [1.165, 1.54) is 0 Å². The first-order valence-electron chi connectivity index (χ1n) is 4.43. The zero-order chi connectivity index (χ0) is 9.68. The Bertz CT molecular complexity index is 277. The van der Waals surface area contributed by atoms with Crippen LogP contribution in [0.25, 0.3) is 0 Å². The molecule has 1 rings (SSSR count). The molecular weight excluding hydrogens is 162 g/mol. The van der Waals surface area contributed by atoms with Crippen LogP contribution >= 0.6 is 0 Å². The van der Waals surface area contributed by atoms with Crippen molar-refractivity contribution < 1.29 is 4.74 Å². The van der Waals surface area contributed by atoms with Crippen LogP contribution in [0.1, 0.15) is 13.8 Å². The molecule has 70 valence electrons. The highest BCUT2D eigenvalue weighted by atomic mass is 16.5. The molecule has 0 aliphatic heterocycles. The molecule has 0 radical (unpaired) electrons. The van der Waals surface area contributed by atoms with Crippen molar-refractivity contribution in [3.8, 4) is 5.75 Å². The zero-order valence-electron chi connectivity index (χ0n) is 8.32. The summed E-state index contributed by atoms with van der Waals surface area (Å²) in [6.07, 6.45) is 0. The van der Waals surface area contributed by atoms with Crippen LogP contribution < -0.4 is 4.74 Å². The molecule has 1 aromatic carbocycles. The SMILES string of the molecule is CN=C(Oc1ccccc1)C(C)C. The fraction of sp³-hybridized carbons (Fsp3) is 0.364. The first kappa shape index (κ1) is 9.78. The van der Waals surface area contributed by atoms with Crippen molar-refractivity contribution in [2.24, 2.45) is 10.9 Å². The Labute approximate surface area is 79.3 Å². The third-order valence-corrected chi connectivity index (χ3v) is 1.68. The monoisotopic (exact) mass is 177 g/mol. The smallest absolute Gasteiger partial charge is 0.192 e. The summed E-state index contributed by atoms with van der Waals surface area (Å²) < 4.78 is 5.58. The zero-order valence-corrected chi connectivity index (χ0v) is 8.32. The van der Waals surface area contributed by atoms with Gasteiger partial charge >= 0.3 is 0 Å². The van der Waals surface area contributed by atoms with E-state index in [0.29, 0.717) is 5.92 Å². The second-order valence-electron chi connectivity index (χ2n) is 3.13. The lowest BCUT2D eigenvalue weighted by molar-refractivity contribution is 0.505. The maximum absolute atomic E-state index is 5.58. The summed E-state index contributed by atoms with van der Waals surface area (Å²) >= 11 is 0. The van der Waals surface area contributed by atoms with E-state index >= 15 is 0 Å². The molecule has 0 bridgehead atoms. The van der Waals surface area contributed by atoms with Crippen LogP contribution in [0.15, 0.2) is 35.3 Å². The topological polar surface area (TPSA) is 21.6 Å². The van der Waals surface area contributed by atoms with Gasteiger partial charge in [-0.2, -0.15) is 0 Å². The van der Waals surface area contributed by atoms with Crippen molar-refractivity contribution in [2.75, 3.05) is 7.05 Å². The molecule has 0 spiro atoms. The number of para-hydroxylation sites is 1.